The normalized spacial score (nSPS) is 18.1. The van der Waals surface area contributed by atoms with E-state index in [2.05, 4.69) is 5.32 Å². The van der Waals surface area contributed by atoms with Gasteiger partial charge in [-0.1, -0.05) is 44.2 Å². The lowest BCUT2D eigenvalue weighted by Gasteiger charge is -2.28. The summed E-state index contributed by atoms with van der Waals surface area (Å²) in [4.78, 5) is 15.6. The molecule has 2 amide bonds. The van der Waals surface area contributed by atoms with E-state index in [1.54, 1.807) is 4.90 Å². The molecule has 1 atom stereocenters. The standard InChI is InChI=1S/C18H26F3N3O/c1-14(2)16(15-7-4-3-5-8-15)22-17(25)24-10-6-9-23(11-12-24)13-18(19,20)21/h3-5,7-8,14,16H,6,9-13H2,1-2H3,(H,22,25). The van der Waals surface area contributed by atoms with E-state index in [1.165, 1.54) is 4.90 Å². The summed E-state index contributed by atoms with van der Waals surface area (Å²) in [5, 5.41) is 3.04. The number of hydrogen-bond donors (Lipinski definition) is 1. The third kappa shape index (κ3) is 6.23. The minimum Gasteiger partial charge on any atom is -0.331 e. The van der Waals surface area contributed by atoms with Crippen molar-refractivity contribution in [1.29, 1.82) is 0 Å². The van der Waals surface area contributed by atoms with Gasteiger partial charge in [0.15, 0.2) is 0 Å². The molecule has 1 aromatic carbocycles. The van der Waals surface area contributed by atoms with E-state index in [1.807, 2.05) is 44.2 Å². The van der Waals surface area contributed by atoms with Crippen molar-refractivity contribution in [3.05, 3.63) is 35.9 Å². The summed E-state index contributed by atoms with van der Waals surface area (Å²) < 4.78 is 37.6. The maximum absolute atomic E-state index is 12.6. The van der Waals surface area contributed by atoms with E-state index in [0.717, 1.165) is 5.56 Å². The van der Waals surface area contributed by atoms with Crippen molar-refractivity contribution in [2.75, 3.05) is 32.7 Å². The monoisotopic (exact) mass is 357 g/mol. The van der Waals surface area contributed by atoms with Crippen LogP contribution in [0.5, 0.6) is 0 Å². The van der Waals surface area contributed by atoms with Crippen LogP contribution < -0.4 is 5.32 Å². The van der Waals surface area contributed by atoms with Crippen LogP contribution in [0.2, 0.25) is 0 Å². The molecular weight excluding hydrogens is 331 g/mol. The number of benzene rings is 1. The van der Waals surface area contributed by atoms with Gasteiger partial charge in [-0.2, -0.15) is 13.2 Å². The smallest absolute Gasteiger partial charge is 0.331 e. The summed E-state index contributed by atoms with van der Waals surface area (Å²) in [6.45, 7) is 4.53. The Morgan fingerprint density at radius 3 is 2.40 bits per heavy atom. The van der Waals surface area contributed by atoms with Crippen molar-refractivity contribution in [2.45, 2.75) is 32.5 Å². The van der Waals surface area contributed by atoms with Crippen LogP contribution in [0.3, 0.4) is 0 Å². The first kappa shape index (κ1) is 19.6. The quantitative estimate of drug-likeness (QED) is 0.893. The SMILES string of the molecule is CC(C)C(NC(=O)N1CCCN(CC(F)(F)F)CC1)c1ccccc1. The number of rotatable bonds is 4. The fourth-order valence-electron chi connectivity index (χ4n) is 3.11. The molecular formula is C18H26F3N3O. The number of nitrogens with one attached hydrogen (secondary N) is 1. The minimum absolute atomic E-state index is 0.122. The van der Waals surface area contributed by atoms with Gasteiger partial charge in [0.05, 0.1) is 12.6 Å². The lowest BCUT2D eigenvalue weighted by molar-refractivity contribution is -0.145. The average Bonchev–Trinajstić information content (AvgIpc) is 2.77. The molecule has 2 rings (SSSR count). The zero-order chi connectivity index (χ0) is 18.4. The lowest BCUT2D eigenvalue weighted by Crippen LogP contribution is -2.45. The summed E-state index contributed by atoms with van der Waals surface area (Å²) >= 11 is 0. The molecule has 1 fully saturated rings. The van der Waals surface area contributed by atoms with E-state index >= 15 is 0 Å². The molecule has 1 aliphatic heterocycles. The van der Waals surface area contributed by atoms with Crippen molar-refractivity contribution in [3.8, 4) is 0 Å². The van der Waals surface area contributed by atoms with Crippen molar-refractivity contribution >= 4 is 6.03 Å². The highest BCUT2D eigenvalue weighted by Crippen LogP contribution is 2.22. The molecule has 0 radical (unpaired) electrons. The molecule has 1 aromatic rings. The van der Waals surface area contributed by atoms with Gasteiger partial charge in [0.2, 0.25) is 0 Å². The van der Waals surface area contributed by atoms with Crippen LogP contribution in [0.25, 0.3) is 0 Å². The van der Waals surface area contributed by atoms with E-state index in [-0.39, 0.29) is 24.5 Å². The molecule has 0 aromatic heterocycles. The van der Waals surface area contributed by atoms with Crippen LogP contribution in [0.4, 0.5) is 18.0 Å². The average molecular weight is 357 g/mol. The molecule has 4 nitrogen and oxygen atoms in total. The lowest BCUT2D eigenvalue weighted by atomic mass is 9.96. The van der Waals surface area contributed by atoms with E-state index < -0.39 is 12.7 Å². The number of nitrogens with zero attached hydrogens (tertiary/aromatic N) is 2. The van der Waals surface area contributed by atoms with E-state index in [4.69, 9.17) is 0 Å². The number of amides is 2. The highest BCUT2D eigenvalue weighted by molar-refractivity contribution is 5.74. The first-order valence-electron chi connectivity index (χ1n) is 8.66. The zero-order valence-corrected chi connectivity index (χ0v) is 14.7. The molecule has 0 saturated carbocycles. The molecule has 1 heterocycles. The molecule has 1 aliphatic rings. The topological polar surface area (TPSA) is 35.6 Å². The summed E-state index contributed by atoms with van der Waals surface area (Å²) in [6.07, 6.45) is -3.66. The molecule has 0 aliphatic carbocycles. The second kappa shape index (κ2) is 8.56. The van der Waals surface area contributed by atoms with Gasteiger partial charge in [-0.05, 0) is 17.9 Å². The number of urea groups is 1. The highest BCUT2D eigenvalue weighted by Gasteiger charge is 2.32. The van der Waals surface area contributed by atoms with Crippen LogP contribution in [0.1, 0.15) is 31.9 Å². The molecule has 1 N–H and O–H groups in total. The number of carbonyl (C=O) groups is 1. The van der Waals surface area contributed by atoms with Gasteiger partial charge in [0.25, 0.3) is 0 Å². The molecule has 140 valence electrons. The second-order valence-electron chi connectivity index (χ2n) is 6.81. The number of halogens is 3. The van der Waals surface area contributed by atoms with Gasteiger partial charge < -0.3 is 10.2 Å². The van der Waals surface area contributed by atoms with Crippen LogP contribution in [-0.2, 0) is 0 Å². The fourth-order valence-corrected chi connectivity index (χ4v) is 3.11. The Morgan fingerprint density at radius 2 is 1.80 bits per heavy atom. The second-order valence-corrected chi connectivity index (χ2v) is 6.81. The van der Waals surface area contributed by atoms with Crippen molar-refractivity contribution in [1.82, 2.24) is 15.1 Å². The molecule has 25 heavy (non-hydrogen) atoms. The number of alkyl halides is 3. The first-order valence-corrected chi connectivity index (χ1v) is 8.66. The van der Waals surface area contributed by atoms with Gasteiger partial charge in [-0.15, -0.1) is 0 Å². The maximum Gasteiger partial charge on any atom is 0.401 e. The van der Waals surface area contributed by atoms with Crippen molar-refractivity contribution in [2.24, 2.45) is 5.92 Å². The highest BCUT2D eigenvalue weighted by atomic mass is 19.4. The summed E-state index contributed by atoms with van der Waals surface area (Å²) in [7, 11) is 0. The largest absolute Gasteiger partial charge is 0.401 e. The molecule has 1 saturated heterocycles. The Labute approximate surface area is 147 Å². The summed E-state index contributed by atoms with van der Waals surface area (Å²) in [5.41, 5.74) is 1.03. The third-order valence-electron chi connectivity index (χ3n) is 4.38. The number of carbonyl (C=O) groups excluding carboxylic acids is 1. The van der Waals surface area contributed by atoms with Gasteiger partial charge in [-0.3, -0.25) is 4.90 Å². The van der Waals surface area contributed by atoms with Crippen molar-refractivity contribution < 1.29 is 18.0 Å². The fraction of sp³-hybridized carbons (Fsp3) is 0.611. The third-order valence-corrected chi connectivity index (χ3v) is 4.38. The maximum atomic E-state index is 12.6. The van der Waals surface area contributed by atoms with Gasteiger partial charge in [0, 0.05) is 26.2 Å². The van der Waals surface area contributed by atoms with Gasteiger partial charge in [-0.25, -0.2) is 4.79 Å². The first-order chi connectivity index (χ1) is 11.8. The predicted molar refractivity (Wildman–Crippen MR) is 91.2 cm³/mol. The Balaban J connectivity index is 1.95. The van der Waals surface area contributed by atoms with E-state index in [0.29, 0.717) is 26.1 Å². The molecule has 0 bridgehead atoms. The van der Waals surface area contributed by atoms with Crippen LogP contribution >= 0.6 is 0 Å². The molecule has 1 unspecified atom stereocenters. The number of hydrogen-bond acceptors (Lipinski definition) is 2. The summed E-state index contributed by atoms with van der Waals surface area (Å²) in [6, 6.07) is 9.39. The minimum atomic E-state index is -4.20. The predicted octanol–water partition coefficient (Wildman–Crippen LogP) is 3.66. The van der Waals surface area contributed by atoms with Crippen LogP contribution in [-0.4, -0.2) is 54.7 Å². The summed E-state index contributed by atoms with van der Waals surface area (Å²) in [5.74, 6) is 0.208. The van der Waals surface area contributed by atoms with Crippen LogP contribution in [0, 0.1) is 5.92 Å². The Hall–Kier alpha value is -1.76. The van der Waals surface area contributed by atoms with Crippen LogP contribution in [0.15, 0.2) is 30.3 Å². The van der Waals surface area contributed by atoms with Crippen molar-refractivity contribution in [3.63, 3.8) is 0 Å². The Morgan fingerprint density at radius 1 is 1.12 bits per heavy atom. The van der Waals surface area contributed by atoms with Gasteiger partial charge >= 0.3 is 12.2 Å². The zero-order valence-electron chi connectivity index (χ0n) is 14.7. The molecule has 0 spiro atoms. The Kier molecular flexibility index (Phi) is 6.70. The Bertz CT molecular complexity index is 548. The van der Waals surface area contributed by atoms with Gasteiger partial charge in [0.1, 0.15) is 0 Å². The van der Waals surface area contributed by atoms with E-state index in [9.17, 15) is 18.0 Å². The molecule has 7 heteroatoms.